The van der Waals surface area contributed by atoms with E-state index in [2.05, 4.69) is 17.4 Å². The molecule has 0 spiro atoms. The van der Waals surface area contributed by atoms with E-state index in [9.17, 15) is 0 Å². The Balaban J connectivity index is 2.09. The van der Waals surface area contributed by atoms with Gasteiger partial charge in [0.15, 0.2) is 0 Å². The van der Waals surface area contributed by atoms with E-state index in [4.69, 9.17) is 9.47 Å². The minimum absolute atomic E-state index is 0.106. The van der Waals surface area contributed by atoms with Gasteiger partial charge in [-0.2, -0.15) is 0 Å². The topological polar surface area (TPSA) is 30.5 Å². The van der Waals surface area contributed by atoms with E-state index in [-0.39, 0.29) is 6.04 Å². The number of nitrogens with one attached hydrogen (secondary N) is 1. The summed E-state index contributed by atoms with van der Waals surface area (Å²) < 4.78 is 11.2. The van der Waals surface area contributed by atoms with Gasteiger partial charge in [0.25, 0.3) is 0 Å². The van der Waals surface area contributed by atoms with Crippen LogP contribution >= 0.6 is 0 Å². The minimum Gasteiger partial charge on any atom is -0.496 e. The quantitative estimate of drug-likeness (QED) is 0.895. The van der Waals surface area contributed by atoms with Gasteiger partial charge in [0.1, 0.15) is 18.1 Å². The van der Waals surface area contributed by atoms with Crippen molar-refractivity contribution in [3.05, 3.63) is 59.7 Å². The predicted octanol–water partition coefficient (Wildman–Crippen LogP) is 2.77. The second-order valence-corrected chi connectivity index (χ2v) is 4.52. The monoisotopic (exact) mass is 255 g/mol. The number of fused-ring (bicyclic) bond motifs is 1. The summed E-state index contributed by atoms with van der Waals surface area (Å²) >= 11 is 0. The van der Waals surface area contributed by atoms with Gasteiger partial charge in [-0.25, -0.2) is 0 Å². The van der Waals surface area contributed by atoms with E-state index in [1.807, 2.05) is 36.4 Å². The lowest BCUT2D eigenvalue weighted by atomic mass is 9.97. The second-order valence-electron chi connectivity index (χ2n) is 4.52. The van der Waals surface area contributed by atoms with Gasteiger partial charge in [0.2, 0.25) is 0 Å². The lowest BCUT2D eigenvalue weighted by molar-refractivity contribution is 0.324. The Bertz CT molecular complexity index is 568. The molecule has 1 aliphatic heterocycles. The van der Waals surface area contributed by atoms with Gasteiger partial charge >= 0.3 is 0 Å². The number of para-hydroxylation sites is 2. The Labute approximate surface area is 113 Å². The summed E-state index contributed by atoms with van der Waals surface area (Å²) in [5.74, 6) is 1.85. The SMILES string of the molecule is COc1ccccc1C1NCCOc2ccccc21. The van der Waals surface area contributed by atoms with Crippen molar-refractivity contribution in [3.8, 4) is 11.5 Å². The fourth-order valence-electron chi connectivity index (χ4n) is 2.51. The molecule has 98 valence electrons. The molecule has 1 unspecified atom stereocenters. The molecule has 1 N–H and O–H groups in total. The molecule has 0 amide bonds. The van der Waals surface area contributed by atoms with E-state index in [0.29, 0.717) is 6.61 Å². The van der Waals surface area contributed by atoms with Gasteiger partial charge in [-0.05, 0) is 12.1 Å². The lowest BCUT2D eigenvalue weighted by Crippen LogP contribution is -2.24. The summed E-state index contributed by atoms with van der Waals surface area (Å²) in [6, 6.07) is 16.4. The third kappa shape index (κ3) is 2.29. The van der Waals surface area contributed by atoms with E-state index < -0.39 is 0 Å². The molecular formula is C16H17NO2. The highest BCUT2D eigenvalue weighted by atomic mass is 16.5. The van der Waals surface area contributed by atoms with Gasteiger partial charge in [-0.1, -0.05) is 36.4 Å². The summed E-state index contributed by atoms with van der Waals surface area (Å²) in [6.45, 7) is 1.50. The number of rotatable bonds is 2. The average molecular weight is 255 g/mol. The molecular weight excluding hydrogens is 238 g/mol. The van der Waals surface area contributed by atoms with Crippen LogP contribution in [0.25, 0.3) is 0 Å². The van der Waals surface area contributed by atoms with Gasteiger partial charge in [0, 0.05) is 17.7 Å². The summed E-state index contributed by atoms with van der Waals surface area (Å²) in [5.41, 5.74) is 2.30. The summed E-state index contributed by atoms with van der Waals surface area (Å²) in [7, 11) is 1.71. The van der Waals surface area contributed by atoms with E-state index >= 15 is 0 Å². The standard InChI is InChI=1S/C16H17NO2/c1-18-14-8-4-2-6-12(14)16-13-7-3-5-9-15(13)19-11-10-17-16/h2-9,16-17H,10-11H2,1H3. The number of hydrogen-bond donors (Lipinski definition) is 1. The fourth-order valence-corrected chi connectivity index (χ4v) is 2.51. The van der Waals surface area contributed by atoms with Crippen molar-refractivity contribution in [2.45, 2.75) is 6.04 Å². The summed E-state index contributed by atoms with van der Waals surface area (Å²) in [4.78, 5) is 0. The number of ether oxygens (including phenoxy) is 2. The lowest BCUT2D eigenvalue weighted by Gasteiger charge is -2.20. The van der Waals surface area contributed by atoms with E-state index in [0.717, 1.165) is 29.2 Å². The highest BCUT2D eigenvalue weighted by molar-refractivity contribution is 5.47. The van der Waals surface area contributed by atoms with Crippen LogP contribution < -0.4 is 14.8 Å². The summed E-state index contributed by atoms with van der Waals surface area (Å²) in [6.07, 6.45) is 0. The molecule has 0 fully saturated rings. The van der Waals surface area contributed by atoms with Crippen LogP contribution in [0.15, 0.2) is 48.5 Å². The Hall–Kier alpha value is -2.00. The van der Waals surface area contributed by atoms with Gasteiger partial charge < -0.3 is 14.8 Å². The van der Waals surface area contributed by atoms with Crippen LogP contribution in [0.3, 0.4) is 0 Å². The van der Waals surface area contributed by atoms with Crippen LogP contribution in [0.2, 0.25) is 0 Å². The first kappa shape index (κ1) is 12.1. The van der Waals surface area contributed by atoms with Crippen molar-refractivity contribution < 1.29 is 9.47 Å². The number of hydrogen-bond acceptors (Lipinski definition) is 3. The largest absolute Gasteiger partial charge is 0.496 e. The van der Waals surface area contributed by atoms with Gasteiger partial charge in [-0.15, -0.1) is 0 Å². The maximum absolute atomic E-state index is 5.77. The van der Waals surface area contributed by atoms with E-state index in [1.165, 1.54) is 0 Å². The van der Waals surface area contributed by atoms with E-state index in [1.54, 1.807) is 7.11 Å². The fraction of sp³-hybridized carbons (Fsp3) is 0.250. The maximum atomic E-state index is 5.77. The zero-order valence-electron chi connectivity index (χ0n) is 10.9. The van der Waals surface area contributed by atoms with Crippen molar-refractivity contribution in [2.24, 2.45) is 0 Å². The van der Waals surface area contributed by atoms with Crippen LogP contribution in [0.1, 0.15) is 17.2 Å². The zero-order chi connectivity index (χ0) is 13.1. The number of benzene rings is 2. The molecule has 3 rings (SSSR count). The van der Waals surface area contributed by atoms with Crippen LogP contribution in [-0.2, 0) is 0 Å². The molecule has 2 aromatic carbocycles. The third-order valence-electron chi connectivity index (χ3n) is 3.39. The van der Waals surface area contributed by atoms with Crippen LogP contribution in [0, 0.1) is 0 Å². The molecule has 0 radical (unpaired) electrons. The van der Waals surface area contributed by atoms with Crippen molar-refractivity contribution in [2.75, 3.05) is 20.3 Å². The normalized spacial score (nSPS) is 18.1. The molecule has 1 aliphatic rings. The van der Waals surface area contributed by atoms with Gasteiger partial charge in [-0.3, -0.25) is 0 Å². The molecule has 0 saturated carbocycles. The molecule has 0 aromatic heterocycles. The van der Waals surface area contributed by atoms with Crippen molar-refractivity contribution in [1.82, 2.24) is 5.32 Å². The van der Waals surface area contributed by atoms with Crippen molar-refractivity contribution in [1.29, 1.82) is 0 Å². The van der Waals surface area contributed by atoms with Crippen molar-refractivity contribution in [3.63, 3.8) is 0 Å². The van der Waals surface area contributed by atoms with Crippen LogP contribution in [0.4, 0.5) is 0 Å². The number of methoxy groups -OCH3 is 1. The highest BCUT2D eigenvalue weighted by Gasteiger charge is 2.22. The zero-order valence-corrected chi connectivity index (χ0v) is 10.9. The Kier molecular flexibility index (Phi) is 3.38. The molecule has 1 heterocycles. The van der Waals surface area contributed by atoms with Gasteiger partial charge in [0.05, 0.1) is 13.2 Å². The molecule has 3 heteroatoms. The predicted molar refractivity (Wildman–Crippen MR) is 74.8 cm³/mol. The van der Waals surface area contributed by atoms with Crippen LogP contribution in [0.5, 0.6) is 11.5 Å². The molecule has 3 nitrogen and oxygen atoms in total. The molecule has 0 aliphatic carbocycles. The maximum Gasteiger partial charge on any atom is 0.124 e. The second kappa shape index (κ2) is 5.33. The highest BCUT2D eigenvalue weighted by Crippen LogP contribution is 2.35. The minimum atomic E-state index is 0.106. The smallest absolute Gasteiger partial charge is 0.124 e. The Morgan fingerprint density at radius 2 is 1.79 bits per heavy atom. The van der Waals surface area contributed by atoms with Crippen molar-refractivity contribution >= 4 is 0 Å². The summed E-state index contributed by atoms with van der Waals surface area (Å²) in [5, 5.41) is 3.52. The molecule has 0 saturated heterocycles. The molecule has 19 heavy (non-hydrogen) atoms. The first-order valence-electron chi connectivity index (χ1n) is 6.48. The Morgan fingerprint density at radius 3 is 2.63 bits per heavy atom. The van der Waals surface area contributed by atoms with Crippen LogP contribution in [-0.4, -0.2) is 20.3 Å². The first-order chi connectivity index (χ1) is 9.40. The molecule has 0 bridgehead atoms. The Morgan fingerprint density at radius 1 is 1.05 bits per heavy atom. The average Bonchev–Trinajstić information content (AvgIpc) is 2.69. The molecule has 2 aromatic rings. The third-order valence-corrected chi connectivity index (χ3v) is 3.39. The molecule has 1 atom stereocenters. The first-order valence-corrected chi connectivity index (χ1v) is 6.48.